The number of rotatable bonds is 5. The summed E-state index contributed by atoms with van der Waals surface area (Å²) < 4.78 is 8.67. The fourth-order valence-electron chi connectivity index (χ4n) is 6.09. The van der Waals surface area contributed by atoms with Crippen molar-refractivity contribution in [2.75, 3.05) is 0 Å². The Labute approximate surface area is 244 Å². The third-order valence-corrected chi connectivity index (χ3v) is 8.23. The van der Waals surface area contributed by atoms with Crippen molar-refractivity contribution >= 4 is 32.9 Å². The number of aryl methyl sites for hydroxylation is 1. The summed E-state index contributed by atoms with van der Waals surface area (Å²) in [6.45, 7) is 2.16. The molecule has 0 fully saturated rings. The lowest BCUT2D eigenvalue weighted by Gasteiger charge is -2.09. The molecule has 0 aliphatic rings. The van der Waals surface area contributed by atoms with Gasteiger partial charge in [0.05, 0.1) is 11.0 Å². The van der Waals surface area contributed by atoms with E-state index < -0.39 is 0 Å². The Kier molecular flexibility index (Phi) is 5.75. The first-order chi connectivity index (χ1) is 20.8. The van der Waals surface area contributed by atoms with E-state index in [1.165, 1.54) is 44.1 Å². The maximum absolute atomic E-state index is 6.33. The summed E-state index contributed by atoms with van der Waals surface area (Å²) in [4.78, 5) is 4.90. The monoisotopic (exact) mass is 540 g/mol. The van der Waals surface area contributed by atoms with E-state index in [0.717, 1.165) is 34.3 Å². The zero-order valence-corrected chi connectivity index (χ0v) is 23.3. The van der Waals surface area contributed by atoms with Crippen molar-refractivity contribution in [3.8, 4) is 39.4 Å². The normalized spacial score (nSPS) is 11.5. The van der Waals surface area contributed by atoms with E-state index in [2.05, 4.69) is 145 Å². The van der Waals surface area contributed by atoms with Gasteiger partial charge in [-0.05, 0) is 82.8 Å². The molecule has 0 atom stereocenters. The molecule has 0 amide bonds. The standard InChI is InChI=1S/C39H28N2O/c1-2-26-24-31(27-10-4-3-5-11-27)25-35-38(26)42-39(40-35)30-18-16-28(17-19-30)29-20-22-32(23-21-29)41-36-14-8-6-12-33(36)34-13-7-9-15-37(34)41/h3-25H,2H2,1H3. The van der Waals surface area contributed by atoms with Crippen LogP contribution in [-0.4, -0.2) is 9.55 Å². The lowest BCUT2D eigenvalue weighted by atomic mass is 10.0. The summed E-state index contributed by atoms with van der Waals surface area (Å²) in [6, 6.07) is 49.3. The molecule has 8 aromatic rings. The number of nitrogens with zero attached hydrogens (tertiary/aromatic N) is 2. The van der Waals surface area contributed by atoms with Crippen molar-refractivity contribution in [2.45, 2.75) is 13.3 Å². The zero-order valence-electron chi connectivity index (χ0n) is 23.3. The summed E-state index contributed by atoms with van der Waals surface area (Å²) in [5.74, 6) is 0.651. The number of para-hydroxylation sites is 2. The predicted molar refractivity (Wildman–Crippen MR) is 174 cm³/mol. The number of benzene rings is 6. The fourth-order valence-corrected chi connectivity index (χ4v) is 6.09. The van der Waals surface area contributed by atoms with E-state index in [1.54, 1.807) is 0 Å². The van der Waals surface area contributed by atoms with Crippen LogP contribution in [0.25, 0.3) is 72.3 Å². The second-order valence-electron chi connectivity index (χ2n) is 10.7. The molecule has 0 bridgehead atoms. The molecule has 0 N–H and O–H groups in total. The number of oxazole rings is 1. The smallest absolute Gasteiger partial charge is 0.227 e. The second kappa shape index (κ2) is 9.90. The topological polar surface area (TPSA) is 31.0 Å². The fraction of sp³-hybridized carbons (Fsp3) is 0.0513. The van der Waals surface area contributed by atoms with E-state index >= 15 is 0 Å². The highest BCUT2D eigenvalue weighted by atomic mass is 16.3. The molecule has 2 heterocycles. The summed E-state index contributed by atoms with van der Waals surface area (Å²) in [5.41, 5.74) is 12.2. The van der Waals surface area contributed by atoms with Gasteiger partial charge in [-0.3, -0.25) is 0 Å². The number of aromatic nitrogens is 2. The van der Waals surface area contributed by atoms with Crippen LogP contribution in [0, 0.1) is 0 Å². The van der Waals surface area contributed by atoms with Crippen LogP contribution in [0.1, 0.15) is 12.5 Å². The van der Waals surface area contributed by atoms with Crippen LogP contribution in [0.5, 0.6) is 0 Å². The largest absolute Gasteiger partial charge is 0.436 e. The summed E-state index contributed by atoms with van der Waals surface area (Å²) in [5, 5.41) is 2.55. The molecular formula is C39H28N2O. The minimum Gasteiger partial charge on any atom is -0.436 e. The van der Waals surface area contributed by atoms with Gasteiger partial charge < -0.3 is 8.98 Å². The van der Waals surface area contributed by atoms with E-state index in [-0.39, 0.29) is 0 Å². The second-order valence-corrected chi connectivity index (χ2v) is 10.7. The van der Waals surface area contributed by atoms with Crippen molar-refractivity contribution < 1.29 is 4.42 Å². The maximum atomic E-state index is 6.33. The van der Waals surface area contributed by atoms with E-state index in [1.807, 2.05) is 6.07 Å². The quantitative estimate of drug-likeness (QED) is 0.217. The third-order valence-electron chi connectivity index (χ3n) is 8.23. The molecule has 200 valence electrons. The summed E-state index contributed by atoms with van der Waals surface area (Å²) in [7, 11) is 0. The van der Waals surface area contributed by atoms with E-state index in [9.17, 15) is 0 Å². The van der Waals surface area contributed by atoms with E-state index in [0.29, 0.717) is 5.89 Å². The molecule has 0 unspecified atom stereocenters. The predicted octanol–water partition coefficient (Wildman–Crippen LogP) is 10.5. The Morgan fingerprint density at radius 1 is 0.548 bits per heavy atom. The van der Waals surface area contributed by atoms with E-state index in [4.69, 9.17) is 9.40 Å². The molecule has 42 heavy (non-hydrogen) atoms. The molecule has 0 aliphatic heterocycles. The zero-order chi connectivity index (χ0) is 28.0. The summed E-state index contributed by atoms with van der Waals surface area (Å²) >= 11 is 0. The van der Waals surface area contributed by atoms with Gasteiger partial charge in [-0.1, -0.05) is 97.9 Å². The number of hydrogen-bond donors (Lipinski definition) is 0. The van der Waals surface area contributed by atoms with Crippen molar-refractivity contribution in [2.24, 2.45) is 0 Å². The van der Waals surface area contributed by atoms with Crippen LogP contribution in [-0.2, 0) is 6.42 Å². The lowest BCUT2D eigenvalue weighted by Crippen LogP contribution is -1.93. The van der Waals surface area contributed by atoms with Crippen LogP contribution >= 0.6 is 0 Å². The molecule has 0 spiro atoms. The van der Waals surface area contributed by atoms with Crippen LogP contribution in [0.15, 0.2) is 144 Å². The molecule has 8 rings (SSSR count). The minimum absolute atomic E-state index is 0.651. The molecule has 3 nitrogen and oxygen atoms in total. The minimum atomic E-state index is 0.651. The molecule has 0 saturated carbocycles. The van der Waals surface area contributed by atoms with Crippen molar-refractivity contribution in [1.82, 2.24) is 9.55 Å². The molecule has 0 radical (unpaired) electrons. The molecular weight excluding hydrogens is 512 g/mol. The third kappa shape index (κ3) is 4.02. The van der Waals surface area contributed by atoms with Crippen LogP contribution in [0.4, 0.5) is 0 Å². The Hall–Kier alpha value is -5.41. The van der Waals surface area contributed by atoms with Gasteiger partial charge >= 0.3 is 0 Å². The van der Waals surface area contributed by atoms with Crippen molar-refractivity contribution in [3.05, 3.63) is 145 Å². The first-order valence-electron chi connectivity index (χ1n) is 14.4. The highest BCUT2D eigenvalue weighted by Gasteiger charge is 2.15. The van der Waals surface area contributed by atoms with Gasteiger partial charge in [-0.15, -0.1) is 0 Å². The highest BCUT2D eigenvalue weighted by molar-refractivity contribution is 6.09. The van der Waals surface area contributed by atoms with Crippen LogP contribution in [0.2, 0.25) is 0 Å². The average molecular weight is 541 g/mol. The molecule has 3 heteroatoms. The number of hydrogen-bond acceptors (Lipinski definition) is 2. The Balaban J connectivity index is 1.12. The Morgan fingerprint density at radius 3 is 1.74 bits per heavy atom. The highest BCUT2D eigenvalue weighted by Crippen LogP contribution is 2.34. The molecule has 0 saturated heterocycles. The maximum Gasteiger partial charge on any atom is 0.227 e. The van der Waals surface area contributed by atoms with Crippen LogP contribution in [0.3, 0.4) is 0 Å². The molecule has 6 aromatic carbocycles. The lowest BCUT2D eigenvalue weighted by molar-refractivity contribution is 0.616. The Morgan fingerprint density at radius 2 is 1.10 bits per heavy atom. The van der Waals surface area contributed by atoms with Gasteiger partial charge in [0, 0.05) is 22.0 Å². The average Bonchev–Trinajstić information content (AvgIpc) is 3.65. The first kappa shape index (κ1) is 24.4. The van der Waals surface area contributed by atoms with Gasteiger partial charge in [0.2, 0.25) is 5.89 Å². The van der Waals surface area contributed by atoms with Crippen molar-refractivity contribution in [3.63, 3.8) is 0 Å². The SMILES string of the molecule is CCc1cc(-c2ccccc2)cc2nc(-c3ccc(-c4ccc(-n5c6ccccc6c6ccccc65)cc4)cc3)oc12. The first-order valence-corrected chi connectivity index (χ1v) is 14.4. The van der Waals surface area contributed by atoms with Gasteiger partial charge in [0.25, 0.3) is 0 Å². The van der Waals surface area contributed by atoms with Gasteiger partial charge in [-0.2, -0.15) is 0 Å². The van der Waals surface area contributed by atoms with Crippen molar-refractivity contribution in [1.29, 1.82) is 0 Å². The number of fused-ring (bicyclic) bond motifs is 4. The van der Waals surface area contributed by atoms with Gasteiger partial charge in [0.1, 0.15) is 5.52 Å². The summed E-state index contributed by atoms with van der Waals surface area (Å²) in [6.07, 6.45) is 0.884. The van der Waals surface area contributed by atoms with Gasteiger partial charge in [0.15, 0.2) is 5.58 Å². The molecule has 0 aliphatic carbocycles. The molecule has 2 aromatic heterocycles. The Bertz CT molecular complexity index is 2150. The van der Waals surface area contributed by atoms with Gasteiger partial charge in [-0.25, -0.2) is 4.98 Å². The van der Waals surface area contributed by atoms with Crippen LogP contribution < -0.4 is 0 Å².